The van der Waals surface area contributed by atoms with Crippen LogP contribution in [0.1, 0.15) is 11.8 Å². The van der Waals surface area contributed by atoms with Crippen LogP contribution < -0.4 is 15.5 Å². The van der Waals surface area contributed by atoms with E-state index in [1.54, 1.807) is 11.3 Å². The number of amidine groups is 1. The second kappa shape index (κ2) is 10.9. The van der Waals surface area contributed by atoms with Crippen molar-refractivity contribution >= 4 is 65.1 Å². The van der Waals surface area contributed by atoms with Crippen molar-refractivity contribution in [1.82, 2.24) is 5.32 Å². The SMILES string of the molecule is CCNCCN1CCSc2cc(NC(=N)c3cccs3)ccc21.Cl.Cl. The molecule has 4 nitrogen and oxygen atoms in total. The molecule has 138 valence electrons. The lowest BCUT2D eigenvalue weighted by atomic mass is 10.2. The van der Waals surface area contributed by atoms with E-state index in [2.05, 4.69) is 40.7 Å². The first kappa shape index (κ1) is 22.1. The quantitative estimate of drug-likeness (QED) is 0.365. The average molecular weight is 419 g/mol. The van der Waals surface area contributed by atoms with Crippen molar-refractivity contribution in [1.29, 1.82) is 5.41 Å². The Morgan fingerprint density at radius 2 is 2.12 bits per heavy atom. The van der Waals surface area contributed by atoms with Gasteiger partial charge in [-0.3, -0.25) is 5.41 Å². The monoisotopic (exact) mass is 418 g/mol. The van der Waals surface area contributed by atoms with Crippen LogP contribution in [0.25, 0.3) is 0 Å². The van der Waals surface area contributed by atoms with Crippen LogP contribution in [0, 0.1) is 5.41 Å². The Labute approximate surface area is 170 Å². The summed E-state index contributed by atoms with van der Waals surface area (Å²) in [5.74, 6) is 1.58. The van der Waals surface area contributed by atoms with Gasteiger partial charge in [-0.05, 0) is 36.2 Å². The molecular formula is C17H24Cl2N4S2. The zero-order valence-electron chi connectivity index (χ0n) is 14.1. The number of hydrogen-bond donors (Lipinski definition) is 3. The molecule has 0 unspecified atom stereocenters. The molecule has 2 heterocycles. The number of thiophene rings is 1. The molecule has 8 heteroatoms. The van der Waals surface area contributed by atoms with E-state index in [4.69, 9.17) is 5.41 Å². The molecule has 0 atom stereocenters. The van der Waals surface area contributed by atoms with Gasteiger partial charge in [-0.1, -0.05) is 13.0 Å². The van der Waals surface area contributed by atoms with E-state index in [-0.39, 0.29) is 24.8 Å². The van der Waals surface area contributed by atoms with Crippen LogP contribution in [-0.2, 0) is 0 Å². The molecule has 0 bridgehead atoms. The minimum atomic E-state index is 0. The summed E-state index contributed by atoms with van der Waals surface area (Å²) in [4.78, 5) is 4.71. The maximum absolute atomic E-state index is 8.15. The highest BCUT2D eigenvalue weighted by Gasteiger charge is 2.17. The summed E-state index contributed by atoms with van der Waals surface area (Å²) >= 11 is 3.48. The molecule has 0 amide bonds. The fourth-order valence-corrected chi connectivity index (χ4v) is 4.32. The van der Waals surface area contributed by atoms with E-state index in [1.165, 1.54) is 10.6 Å². The van der Waals surface area contributed by atoms with Crippen LogP contribution in [-0.4, -0.2) is 37.8 Å². The van der Waals surface area contributed by atoms with Gasteiger partial charge in [0.05, 0.1) is 10.6 Å². The van der Waals surface area contributed by atoms with Gasteiger partial charge in [0.15, 0.2) is 0 Å². The lowest BCUT2D eigenvalue weighted by Gasteiger charge is -2.31. The van der Waals surface area contributed by atoms with Crippen LogP contribution >= 0.6 is 47.9 Å². The molecule has 1 aliphatic rings. The molecule has 0 saturated heterocycles. The fourth-order valence-electron chi connectivity index (χ4n) is 2.60. The number of fused-ring (bicyclic) bond motifs is 1. The normalized spacial score (nSPS) is 12.6. The molecule has 1 aliphatic heterocycles. The number of likely N-dealkylation sites (N-methyl/N-ethyl adjacent to an activating group) is 1. The molecule has 3 rings (SSSR count). The molecule has 1 aromatic carbocycles. The summed E-state index contributed by atoms with van der Waals surface area (Å²) in [7, 11) is 0. The Bertz CT molecular complexity index is 665. The van der Waals surface area contributed by atoms with Gasteiger partial charge in [-0.2, -0.15) is 0 Å². The van der Waals surface area contributed by atoms with E-state index >= 15 is 0 Å². The Morgan fingerprint density at radius 3 is 2.84 bits per heavy atom. The molecule has 0 fully saturated rings. The van der Waals surface area contributed by atoms with Gasteiger partial charge in [0.2, 0.25) is 0 Å². The van der Waals surface area contributed by atoms with Crippen molar-refractivity contribution in [3.8, 4) is 0 Å². The van der Waals surface area contributed by atoms with Gasteiger partial charge in [-0.15, -0.1) is 47.9 Å². The number of thioether (sulfide) groups is 1. The fraction of sp³-hybridized carbons (Fsp3) is 0.353. The van der Waals surface area contributed by atoms with Crippen molar-refractivity contribution in [3.63, 3.8) is 0 Å². The van der Waals surface area contributed by atoms with E-state index in [0.29, 0.717) is 5.84 Å². The summed E-state index contributed by atoms with van der Waals surface area (Å²) in [5, 5.41) is 16.7. The summed E-state index contributed by atoms with van der Waals surface area (Å²) in [6.45, 7) is 6.31. The van der Waals surface area contributed by atoms with Crippen molar-refractivity contribution < 1.29 is 0 Å². The van der Waals surface area contributed by atoms with Crippen LogP contribution in [0.15, 0.2) is 40.6 Å². The first-order valence-electron chi connectivity index (χ1n) is 7.90. The minimum Gasteiger partial charge on any atom is -0.369 e. The van der Waals surface area contributed by atoms with Crippen molar-refractivity contribution in [2.75, 3.05) is 42.1 Å². The number of benzene rings is 1. The van der Waals surface area contributed by atoms with Gasteiger partial charge in [0, 0.05) is 36.0 Å². The molecule has 1 aromatic heterocycles. The number of hydrogen-bond acceptors (Lipinski definition) is 5. The molecule has 0 saturated carbocycles. The summed E-state index contributed by atoms with van der Waals surface area (Å²) in [6, 6.07) is 10.4. The summed E-state index contributed by atoms with van der Waals surface area (Å²) in [5.41, 5.74) is 2.30. The lowest BCUT2D eigenvalue weighted by molar-refractivity contribution is 0.685. The van der Waals surface area contributed by atoms with Crippen molar-refractivity contribution in [3.05, 3.63) is 40.6 Å². The van der Waals surface area contributed by atoms with E-state index < -0.39 is 0 Å². The highest BCUT2D eigenvalue weighted by molar-refractivity contribution is 7.99. The van der Waals surface area contributed by atoms with Gasteiger partial charge in [-0.25, -0.2) is 0 Å². The predicted molar refractivity (Wildman–Crippen MR) is 117 cm³/mol. The molecule has 2 aromatic rings. The smallest absolute Gasteiger partial charge is 0.140 e. The third-order valence-corrected chi connectivity index (χ3v) is 5.68. The third-order valence-electron chi connectivity index (χ3n) is 3.76. The third kappa shape index (κ3) is 5.79. The number of rotatable bonds is 6. The Morgan fingerprint density at radius 1 is 1.28 bits per heavy atom. The Kier molecular flexibility index (Phi) is 9.67. The van der Waals surface area contributed by atoms with Crippen molar-refractivity contribution in [2.24, 2.45) is 0 Å². The van der Waals surface area contributed by atoms with E-state index in [0.717, 1.165) is 42.5 Å². The van der Waals surface area contributed by atoms with E-state index in [9.17, 15) is 0 Å². The van der Waals surface area contributed by atoms with Gasteiger partial charge in [0.25, 0.3) is 0 Å². The second-order valence-electron chi connectivity index (χ2n) is 5.35. The zero-order chi connectivity index (χ0) is 16.1. The molecule has 0 aliphatic carbocycles. The first-order chi connectivity index (χ1) is 11.3. The number of anilines is 2. The van der Waals surface area contributed by atoms with Crippen molar-refractivity contribution in [2.45, 2.75) is 11.8 Å². The molecule has 0 spiro atoms. The number of halogens is 2. The molecule has 0 radical (unpaired) electrons. The van der Waals surface area contributed by atoms with Crippen LogP contribution in [0.3, 0.4) is 0 Å². The number of nitrogens with one attached hydrogen (secondary N) is 3. The first-order valence-corrected chi connectivity index (χ1v) is 9.76. The number of nitrogens with zero attached hydrogens (tertiary/aromatic N) is 1. The highest BCUT2D eigenvalue weighted by atomic mass is 35.5. The zero-order valence-corrected chi connectivity index (χ0v) is 17.3. The molecular weight excluding hydrogens is 395 g/mol. The highest BCUT2D eigenvalue weighted by Crippen LogP contribution is 2.36. The minimum absolute atomic E-state index is 0. The summed E-state index contributed by atoms with van der Waals surface area (Å²) < 4.78 is 0. The second-order valence-corrected chi connectivity index (χ2v) is 7.43. The standard InChI is InChI=1S/C17H22N4S2.2ClH/c1-2-19-7-8-21-9-11-23-16-12-13(5-6-14(16)21)20-17(18)15-4-3-10-22-15;;/h3-6,10,12,19H,2,7-9,11H2,1H3,(H2,18,20);2*1H. The van der Waals surface area contributed by atoms with Gasteiger partial charge >= 0.3 is 0 Å². The molecule has 3 N–H and O–H groups in total. The largest absolute Gasteiger partial charge is 0.369 e. The molecule has 25 heavy (non-hydrogen) atoms. The summed E-state index contributed by atoms with van der Waals surface area (Å²) in [6.07, 6.45) is 0. The van der Waals surface area contributed by atoms with E-state index in [1.807, 2.05) is 29.3 Å². The van der Waals surface area contributed by atoms with Crippen LogP contribution in [0.4, 0.5) is 11.4 Å². The Balaban J connectivity index is 0.00000156. The predicted octanol–water partition coefficient (Wildman–Crippen LogP) is 4.55. The maximum atomic E-state index is 8.15. The Hall–Kier alpha value is -0.920. The van der Waals surface area contributed by atoms with Crippen LogP contribution in [0.2, 0.25) is 0 Å². The topological polar surface area (TPSA) is 51.1 Å². The maximum Gasteiger partial charge on any atom is 0.140 e. The van der Waals surface area contributed by atoms with Gasteiger partial charge < -0.3 is 15.5 Å². The van der Waals surface area contributed by atoms with Crippen LogP contribution in [0.5, 0.6) is 0 Å². The van der Waals surface area contributed by atoms with Gasteiger partial charge in [0.1, 0.15) is 5.84 Å². The lowest BCUT2D eigenvalue weighted by Crippen LogP contribution is -2.35. The average Bonchev–Trinajstić information content (AvgIpc) is 3.09.